The van der Waals surface area contributed by atoms with Crippen LogP contribution < -0.4 is 5.32 Å². The highest BCUT2D eigenvalue weighted by atomic mass is 32.1. The SMILES string of the molecule is CC1(C)CC(NC(CC(=O)O)c2cccs2)C(C)(C)O1. The maximum atomic E-state index is 11.1. The van der Waals surface area contributed by atoms with Crippen molar-refractivity contribution in [2.75, 3.05) is 0 Å². The molecule has 0 bridgehead atoms. The molecule has 4 nitrogen and oxygen atoms in total. The molecule has 1 aromatic rings. The predicted octanol–water partition coefficient (Wildman–Crippen LogP) is 3.20. The highest BCUT2D eigenvalue weighted by molar-refractivity contribution is 7.10. The molecule has 2 heterocycles. The summed E-state index contributed by atoms with van der Waals surface area (Å²) in [7, 11) is 0. The van der Waals surface area contributed by atoms with E-state index in [9.17, 15) is 4.79 Å². The largest absolute Gasteiger partial charge is 0.481 e. The number of thiophene rings is 1. The Morgan fingerprint density at radius 3 is 2.70 bits per heavy atom. The van der Waals surface area contributed by atoms with Crippen molar-refractivity contribution in [1.29, 1.82) is 0 Å². The summed E-state index contributed by atoms with van der Waals surface area (Å²) < 4.78 is 6.07. The fourth-order valence-corrected chi connectivity index (χ4v) is 3.76. The Balaban J connectivity index is 2.14. The first kappa shape index (κ1) is 15.5. The van der Waals surface area contributed by atoms with Crippen molar-refractivity contribution in [3.63, 3.8) is 0 Å². The quantitative estimate of drug-likeness (QED) is 0.876. The lowest BCUT2D eigenvalue weighted by Gasteiger charge is -2.30. The van der Waals surface area contributed by atoms with Crippen LogP contribution in [0.1, 0.15) is 51.5 Å². The fraction of sp³-hybridized carbons (Fsp3) is 0.667. The van der Waals surface area contributed by atoms with Gasteiger partial charge in [-0.2, -0.15) is 0 Å². The second-order valence-corrected chi connectivity index (χ2v) is 7.53. The van der Waals surface area contributed by atoms with Gasteiger partial charge in [-0.1, -0.05) is 6.07 Å². The van der Waals surface area contributed by atoms with Crippen LogP contribution in [0.3, 0.4) is 0 Å². The summed E-state index contributed by atoms with van der Waals surface area (Å²) in [5.41, 5.74) is -0.470. The third-order valence-corrected chi connectivity index (χ3v) is 4.73. The van der Waals surface area contributed by atoms with Crippen molar-refractivity contribution >= 4 is 17.3 Å². The molecule has 1 aromatic heterocycles. The summed E-state index contributed by atoms with van der Waals surface area (Å²) in [6.45, 7) is 8.28. The molecule has 1 fully saturated rings. The number of rotatable bonds is 5. The lowest BCUT2D eigenvalue weighted by molar-refractivity contribution is -0.137. The molecule has 112 valence electrons. The van der Waals surface area contributed by atoms with Crippen molar-refractivity contribution in [3.05, 3.63) is 22.4 Å². The molecule has 0 spiro atoms. The first-order valence-corrected chi connectivity index (χ1v) is 7.79. The minimum atomic E-state index is -0.785. The van der Waals surface area contributed by atoms with Crippen LogP contribution in [0.15, 0.2) is 17.5 Å². The van der Waals surface area contributed by atoms with Gasteiger partial charge in [0.05, 0.1) is 23.7 Å². The molecule has 0 saturated carbocycles. The monoisotopic (exact) mass is 297 g/mol. The van der Waals surface area contributed by atoms with E-state index in [4.69, 9.17) is 9.84 Å². The molecule has 20 heavy (non-hydrogen) atoms. The van der Waals surface area contributed by atoms with Gasteiger partial charge in [0, 0.05) is 10.9 Å². The smallest absolute Gasteiger partial charge is 0.305 e. The standard InChI is InChI=1S/C15H23NO3S/c1-14(2)9-12(15(3,4)19-14)16-10(8-13(17)18)11-6-5-7-20-11/h5-7,10,12,16H,8-9H2,1-4H3,(H,17,18). The molecule has 2 atom stereocenters. The van der Waals surface area contributed by atoms with E-state index in [1.165, 1.54) is 0 Å². The van der Waals surface area contributed by atoms with Gasteiger partial charge in [-0.15, -0.1) is 11.3 Å². The van der Waals surface area contributed by atoms with Crippen molar-refractivity contribution in [2.45, 2.75) is 63.8 Å². The Morgan fingerprint density at radius 1 is 1.55 bits per heavy atom. The molecule has 0 radical (unpaired) electrons. The molecule has 0 aliphatic carbocycles. The van der Waals surface area contributed by atoms with Crippen LogP contribution in [0.25, 0.3) is 0 Å². The maximum Gasteiger partial charge on any atom is 0.305 e. The molecule has 2 N–H and O–H groups in total. The molecule has 1 aliphatic rings. The van der Waals surface area contributed by atoms with E-state index >= 15 is 0 Å². The van der Waals surface area contributed by atoms with E-state index in [0.717, 1.165) is 11.3 Å². The van der Waals surface area contributed by atoms with Gasteiger partial charge in [0.15, 0.2) is 0 Å². The normalized spacial score (nSPS) is 25.5. The van der Waals surface area contributed by atoms with Crippen LogP contribution in [0.5, 0.6) is 0 Å². The number of carboxylic acids is 1. The molecular weight excluding hydrogens is 274 g/mol. The first-order valence-electron chi connectivity index (χ1n) is 6.91. The summed E-state index contributed by atoms with van der Waals surface area (Å²) >= 11 is 1.59. The number of aliphatic carboxylic acids is 1. The lowest BCUT2D eigenvalue weighted by Crippen LogP contribution is -2.45. The predicted molar refractivity (Wildman–Crippen MR) is 80.1 cm³/mol. The van der Waals surface area contributed by atoms with Crippen LogP contribution >= 0.6 is 11.3 Å². The van der Waals surface area contributed by atoms with E-state index in [2.05, 4.69) is 33.0 Å². The molecular formula is C15H23NO3S. The van der Waals surface area contributed by atoms with Gasteiger partial charge in [-0.05, 0) is 45.6 Å². The highest BCUT2D eigenvalue weighted by Gasteiger charge is 2.46. The van der Waals surface area contributed by atoms with Crippen LogP contribution in [0, 0.1) is 0 Å². The zero-order valence-electron chi connectivity index (χ0n) is 12.5. The van der Waals surface area contributed by atoms with E-state index < -0.39 is 5.97 Å². The van der Waals surface area contributed by atoms with Crippen molar-refractivity contribution in [3.8, 4) is 0 Å². The van der Waals surface area contributed by atoms with Gasteiger partial charge >= 0.3 is 5.97 Å². The Morgan fingerprint density at radius 2 is 2.25 bits per heavy atom. The Bertz CT molecular complexity index is 467. The average molecular weight is 297 g/mol. The molecule has 0 aromatic carbocycles. The topological polar surface area (TPSA) is 58.6 Å². The van der Waals surface area contributed by atoms with Crippen molar-refractivity contribution in [2.24, 2.45) is 0 Å². The van der Waals surface area contributed by atoms with Gasteiger partial charge < -0.3 is 15.2 Å². The first-order chi connectivity index (χ1) is 9.20. The number of ether oxygens (including phenoxy) is 1. The third-order valence-electron chi connectivity index (χ3n) is 3.74. The maximum absolute atomic E-state index is 11.1. The number of nitrogens with one attached hydrogen (secondary N) is 1. The molecule has 5 heteroatoms. The number of carbonyl (C=O) groups is 1. The van der Waals surface area contributed by atoms with Crippen LogP contribution in [-0.2, 0) is 9.53 Å². The molecule has 0 amide bonds. The van der Waals surface area contributed by atoms with Gasteiger partial charge in [0.1, 0.15) is 0 Å². The summed E-state index contributed by atoms with van der Waals surface area (Å²) in [5, 5.41) is 14.6. The Hall–Kier alpha value is -0.910. The Labute approximate surface area is 124 Å². The molecule has 2 rings (SSSR count). The summed E-state index contributed by atoms with van der Waals surface area (Å²) in [6.07, 6.45) is 0.967. The van der Waals surface area contributed by atoms with Gasteiger partial charge in [-0.3, -0.25) is 4.79 Å². The summed E-state index contributed by atoms with van der Waals surface area (Å²) in [5.74, 6) is -0.785. The van der Waals surface area contributed by atoms with Gasteiger partial charge in [0.25, 0.3) is 0 Å². The number of hydrogen-bond acceptors (Lipinski definition) is 4. The van der Waals surface area contributed by atoms with E-state index in [1.54, 1.807) is 11.3 Å². The molecule has 2 unspecified atom stereocenters. The second-order valence-electron chi connectivity index (χ2n) is 6.55. The second kappa shape index (κ2) is 5.47. The minimum Gasteiger partial charge on any atom is -0.481 e. The zero-order chi connectivity index (χ0) is 15.0. The van der Waals surface area contributed by atoms with Gasteiger partial charge in [-0.25, -0.2) is 0 Å². The van der Waals surface area contributed by atoms with Crippen LogP contribution in [0.2, 0.25) is 0 Å². The number of hydrogen-bond donors (Lipinski definition) is 2. The molecule has 1 saturated heterocycles. The lowest BCUT2D eigenvalue weighted by atomic mass is 9.93. The van der Waals surface area contributed by atoms with E-state index in [-0.39, 0.29) is 29.7 Å². The van der Waals surface area contributed by atoms with Crippen molar-refractivity contribution in [1.82, 2.24) is 5.32 Å². The van der Waals surface area contributed by atoms with Crippen molar-refractivity contribution < 1.29 is 14.6 Å². The van der Waals surface area contributed by atoms with Crippen LogP contribution in [-0.4, -0.2) is 28.3 Å². The van der Waals surface area contributed by atoms with E-state index in [0.29, 0.717) is 0 Å². The number of carboxylic acid groups (broad SMARTS) is 1. The minimum absolute atomic E-state index is 0.0908. The fourth-order valence-electron chi connectivity index (χ4n) is 2.97. The van der Waals surface area contributed by atoms with E-state index in [1.807, 2.05) is 17.5 Å². The van der Waals surface area contributed by atoms with Gasteiger partial charge in [0.2, 0.25) is 0 Å². The average Bonchev–Trinajstić information content (AvgIpc) is 2.83. The molecule has 1 aliphatic heterocycles. The van der Waals surface area contributed by atoms with Crippen LogP contribution in [0.4, 0.5) is 0 Å². The Kier molecular flexibility index (Phi) is 4.23. The highest BCUT2D eigenvalue weighted by Crippen LogP contribution is 2.39. The summed E-state index contributed by atoms with van der Waals surface area (Å²) in [6, 6.07) is 3.92. The summed E-state index contributed by atoms with van der Waals surface area (Å²) in [4.78, 5) is 12.2. The zero-order valence-corrected chi connectivity index (χ0v) is 13.3. The third kappa shape index (κ3) is 3.59.